The van der Waals surface area contributed by atoms with Gasteiger partial charge in [0.25, 0.3) is 0 Å². The highest BCUT2D eigenvalue weighted by molar-refractivity contribution is 6.88. The average molecular weight is 653 g/mol. The Labute approximate surface area is 293 Å². The molecule has 0 aliphatic heterocycles. The van der Waals surface area contributed by atoms with E-state index in [2.05, 4.69) is 183 Å². The predicted molar refractivity (Wildman–Crippen MR) is 223 cm³/mol. The van der Waals surface area contributed by atoms with Crippen LogP contribution in [-0.2, 0) is 0 Å². The average Bonchev–Trinajstić information content (AvgIpc) is 3.16. The molecule has 0 aliphatic rings. The van der Waals surface area contributed by atoms with Crippen molar-refractivity contribution >= 4 is 88.7 Å². The van der Waals surface area contributed by atoms with Gasteiger partial charge in [0.1, 0.15) is 0 Å². The monoisotopic (exact) mass is 652 g/mol. The molecule has 0 bridgehead atoms. The van der Waals surface area contributed by atoms with Crippen LogP contribution < -0.4 is 5.19 Å². The third-order valence-electron chi connectivity index (χ3n) is 10.9. The molecule has 0 saturated heterocycles. The number of benzene rings is 10. The van der Waals surface area contributed by atoms with Crippen LogP contribution >= 0.6 is 0 Å². The summed E-state index contributed by atoms with van der Waals surface area (Å²) in [5.74, 6) is 0. The van der Waals surface area contributed by atoms with Crippen molar-refractivity contribution in [1.29, 1.82) is 0 Å². The van der Waals surface area contributed by atoms with Crippen molar-refractivity contribution in [2.75, 3.05) is 0 Å². The second kappa shape index (κ2) is 10.9. The van der Waals surface area contributed by atoms with Crippen molar-refractivity contribution in [1.82, 2.24) is 0 Å². The number of hydrogen-bond donors (Lipinski definition) is 0. The van der Waals surface area contributed by atoms with Crippen molar-refractivity contribution in [2.24, 2.45) is 0 Å². The first-order valence-corrected chi connectivity index (χ1v) is 21.2. The normalized spacial score (nSPS) is 12.3. The molecule has 0 radical (unpaired) electrons. The summed E-state index contributed by atoms with van der Waals surface area (Å²) in [6.07, 6.45) is 0. The molecule has 0 unspecified atom stereocenters. The van der Waals surface area contributed by atoms with Crippen LogP contribution in [0, 0.1) is 0 Å². The third-order valence-corrected chi connectivity index (χ3v) is 13.0. The van der Waals surface area contributed by atoms with E-state index in [0.29, 0.717) is 0 Å². The van der Waals surface area contributed by atoms with E-state index < -0.39 is 8.07 Å². The maximum Gasteiger partial charge on any atom is 0.0776 e. The zero-order valence-corrected chi connectivity index (χ0v) is 29.6. The number of hydrogen-bond acceptors (Lipinski definition) is 0. The molecule has 0 aliphatic carbocycles. The van der Waals surface area contributed by atoms with Gasteiger partial charge in [-0.1, -0.05) is 176 Å². The van der Waals surface area contributed by atoms with E-state index in [-0.39, 0.29) is 0 Å². The Morgan fingerprint density at radius 1 is 0.320 bits per heavy atom. The fourth-order valence-corrected chi connectivity index (χ4v) is 9.73. The van der Waals surface area contributed by atoms with E-state index in [4.69, 9.17) is 0 Å². The quantitative estimate of drug-likeness (QED) is 0.101. The topological polar surface area (TPSA) is 0 Å². The van der Waals surface area contributed by atoms with Gasteiger partial charge < -0.3 is 0 Å². The molecule has 0 nitrogen and oxygen atoms in total. The highest BCUT2D eigenvalue weighted by Crippen LogP contribution is 2.48. The summed E-state index contributed by atoms with van der Waals surface area (Å²) in [5.41, 5.74) is 5.20. The Balaban J connectivity index is 1.42. The molecule has 10 rings (SSSR count). The van der Waals surface area contributed by atoms with Crippen LogP contribution in [0.3, 0.4) is 0 Å². The summed E-state index contributed by atoms with van der Waals surface area (Å²) in [6, 6.07) is 61.7. The summed E-state index contributed by atoms with van der Waals surface area (Å²) < 4.78 is 0. The van der Waals surface area contributed by atoms with E-state index in [9.17, 15) is 0 Å². The third kappa shape index (κ3) is 4.30. The summed E-state index contributed by atoms with van der Waals surface area (Å²) in [7, 11) is -1.62. The lowest BCUT2D eigenvalue weighted by atomic mass is 9.82. The molecule has 0 amide bonds. The fourth-order valence-electron chi connectivity index (χ4n) is 8.56. The Morgan fingerprint density at radius 3 is 1.50 bits per heavy atom. The molecule has 0 atom stereocenters. The van der Waals surface area contributed by atoms with Crippen molar-refractivity contribution < 1.29 is 0 Å². The van der Waals surface area contributed by atoms with Gasteiger partial charge in [-0.25, -0.2) is 0 Å². The van der Waals surface area contributed by atoms with Crippen LogP contribution in [0.2, 0.25) is 19.6 Å². The Morgan fingerprint density at radius 2 is 0.820 bits per heavy atom. The van der Waals surface area contributed by atoms with E-state index in [1.54, 1.807) is 0 Å². The molecule has 10 aromatic carbocycles. The maximum absolute atomic E-state index is 2.54. The van der Waals surface area contributed by atoms with Crippen LogP contribution in [0.15, 0.2) is 164 Å². The second-order valence-electron chi connectivity index (χ2n) is 14.9. The van der Waals surface area contributed by atoms with Gasteiger partial charge in [-0.2, -0.15) is 0 Å². The van der Waals surface area contributed by atoms with Crippen molar-refractivity contribution in [2.45, 2.75) is 19.6 Å². The van der Waals surface area contributed by atoms with Crippen LogP contribution in [0.25, 0.3) is 97.7 Å². The molecule has 1 heteroatoms. The summed E-state index contributed by atoms with van der Waals surface area (Å²) in [6.45, 7) is 7.37. The Bertz CT molecular complexity index is 3010. The van der Waals surface area contributed by atoms with Crippen LogP contribution in [0.4, 0.5) is 0 Å². The van der Waals surface area contributed by atoms with E-state index in [1.165, 1.54) is 103 Å². The van der Waals surface area contributed by atoms with Gasteiger partial charge >= 0.3 is 0 Å². The van der Waals surface area contributed by atoms with Crippen LogP contribution in [-0.4, -0.2) is 8.07 Å². The SMILES string of the molecule is C[Si](C)(C)c1ccc2c(-c3cc4c5ccccc5c5ccccc5c4c4ccccc34)c3ccccc3c(-c3ccc4ccccc4c3)c2c1. The van der Waals surface area contributed by atoms with Crippen molar-refractivity contribution in [3.8, 4) is 22.3 Å². The molecular weight excluding hydrogens is 617 g/mol. The lowest BCUT2D eigenvalue weighted by Crippen LogP contribution is -2.37. The lowest BCUT2D eigenvalue weighted by Gasteiger charge is -2.23. The first kappa shape index (κ1) is 29.2. The first-order chi connectivity index (χ1) is 24.5. The molecule has 10 aromatic rings. The summed E-state index contributed by atoms with van der Waals surface area (Å²) in [4.78, 5) is 0. The van der Waals surface area contributed by atoms with E-state index in [0.717, 1.165) is 0 Å². The Hall–Kier alpha value is -5.76. The summed E-state index contributed by atoms with van der Waals surface area (Å²) in [5, 5.41) is 19.7. The van der Waals surface area contributed by atoms with Gasteiger partial charge in [0, 0.05) is 0 Å². The zero-order chi connectivity index (χ0) is 33.6. The molecule has 0 spiro atoms. The molecule has 0 aromatic heterocycles. The van der Waals surface area contributed by atoms with Gasteiger partial charge in [0.15, 0.2) is 0 Å². The molecule has 0 N–H and O–H groups in total. The minimum atomic E-state index is -1.62. The van der Waals surface area contributed by atoms with Crippen LogP contribution in [0.1, 0.15) is 0 Å². The van der Waals surface area contributed by atoms with E-state index in [1.807, 2.05) is 0 Å². The maximum atomic E-state index is 2.54. The first-order valence-electron chi connectivity index (χ1n) is 17.7. The minimum absolute atomic E-state index is 1.27. The van der Waals surface area contributed by atoms with Gasteiger partial charge in [0.2, 0.25) is 0 Å². The lowest BCUT2D eigenvalue weighted by molar-refractivity contribution is 1.68. The predicted octanol–water partition coefficient (Wildman–Crippen LogP) is 13.6. The summed E-state index contributed by atoms with van der Waals surface area (Å²) >= 11 is 0. The van der Waals surface area contributed by atoms with Crippen molar-refractivity contribution in [3.63, 3.8) is 0 Å². The molecule has 0 heterocycles. The molecule has 50 heavy (non-hydrogen) atoms. The molecule has 236 valence electrons. The second-order valence-corrected chi connectivity index (χ2v) is 19.9. The highest BCUT2D eigenvalue weighted by atomic mass is 28.3. The fraction of sp³-hybridized carbons (Fsp3) is 0.0612. The zero-order valence-electron chi connectivity index (χ0n) is 28.6. The van der Waals surface area contributed by atoms with E-state index >= 15 is 0 Å². The van der Waals surface area contributed by atoms with Crippen molar-refractivity contribution in [3.05, 3.63) is 164 Å². The highest BCUT2D eigenvalue weighted by Gasteiger charge is 2.23. The minimum Gasteiger partial charge on any atom is -0.0656 e. The van der Waals surface area contributed by atoms with Crippen LogP contribution in [0.5, 0.6) is 0 Å². The van der Waals surface area contributed by atoms with Gasteiger partial charge in [-0.3, -0.25) is 0 Å². The molecule has 0 fully saturated rings. The standard InChI is InChI=1S/C49H36Si/c1-50(2,3)34-26-27-43-44(29-34)47(33-25-24-31-14-4-5-15-32(31)28-33)41-22-12-13-23-42(41)49(43)46-30-45-37-18-7-6-16-35(37)36-17-8-10-20-39(36)48(45)40-21-11-9-19-38(40)46/h4-30H,1-3H3. The van der Waals surface area contributed by atoms with Gasteiger partial charge in [0.05, 0.1) is 8.07 Å². The largest absolute Gasteiger partial charge is 0.0776 e. The number of rotatable bonds is 3. The molecule has 0 saturated carbocycles. The Kier molecular flexibility index (Phi) is 6.34. The number of fused-ring (bicyclic) bond motifs is 11. The van der Waals surface area contributed by atoms with Gasteiger partial charge in [-0.05, 0) is 110 Å². The molecular formula is C49H36Si. The smallest absolute Gasteiger partial charge is 0.0656 e. The van der Waals surface area contributed by atoms with Gasteiger partial charge in [-0.15, -0.1) is 0 Å².